The molecule has 3 heteroatoms. The molecule has 18 heavy (non-hydrogen) atoms. The van der Waals surface area contributed by atoms with Crippen LogP contribution < -0.4 is 5.32 Å². The molecular formula is C15H20N2S. The highest BCUT2D eigenvalue weighted by Crippen LogP contribution is 2.29. The van der Waals surface area contributed by atoms with Crippen LogP contribution in [0.1, 0.15) is 30.7 Å². The Morgan fingerprint density at radius 3 is 2.50 bits per heavy atom. The molecule has 0 saturated carbocycles. The number of aryl methyl sites for hydroxylation is 2. The summed E-state index contributed by atoms with van der Waals surface area (Å²) >= 11 is 1.71. The standard InChI is InChI=1S/C15H20N2S/c1-10-6-7-12(8-11(10)2)14-17-13(9-18-14)15(3,4)16-5/h6-9,16H,1-5H3. The van der Waals surface area contributed by atoms with Crippen LogP contribution in [0.2, 0.25) is 0 Å². The summed E-state index contributed by atoms with van der Waals surface area (Å²) in [6.07, 6.45) is 0. The predicted octanol–water partition coefficient (Wildman–Crippen LogP) is 3.88. The summed E-state index contributed by atoms with van der Waals surface area (Å²) in [4.78, 5) is 4.75. The Bertz CT molecular complexity index is 555. The Labute approximate surface area is 113 Å². The van der Waals surface area contributed by atoms with Crippen LogP contribution in [0.5, 0.6) is 0 Å². The van der Waals surface area contributed by atoms with Crippen LogP contribution in [0.4, 0.5) is 0 Å². The van der Waals surface area contributed by atoms with Crippen LogP contribution in [0, 0.1) is 13.8 Å². The second-order valence-corrected chi connectivity index (χ2v) is 6.07. The van der Waals surface area contributed by atoms with Gasteiger partial charge in [0, 0.05) is 10.9 Å². The molecule has 2 aromatic rings. The summed E-state index contributed by atoms with van der Waals surface area (Å²) in [6, 6.07) is 6.52. The van der Waals surface area contributed by atoms with Gasteiger partial charge >= 0.3 is 0 Å². The molecule has 1 aromatic heterocycles. The van der Waals surface area contributed by atoms with Gasteiger partial charge in [-0.25, -0.2) is 4.98 Å². The minimum atomic E-state index is -0.0749. The predicted molar refractivity (Wildman–Crippen MR) is 79.1 cm³/mol. The summed E-state index contributed by atoms with van der Waals surface area (Å²) in [6.45, 7) is 8.57. The maximum absolute atomic E-state index is 4.75. The van der Waals surface area contributed by atoms with Crippen LogP contribution in [-0.4, -0.2) is 12.0 Å². The van der Waals surface area contributed by atoms with Crippen molar-refractivity contribution in [3.8, 4) is 10.6 Å². The second-order valence-electron chi connectivity index (χ2n) is 5.21. The molecule has 0 amide bonds. The van der Waals surface area contributed by atoms with Crippen molar-refractivity contribution in [2.75, 3.05) is 7.05 Å². The lowest BCUT2D eigenvalue weighted by Gasteiger charge is -2.21. The van der Waals surface area contributed by atoms with E-state index in [9.17, 15) is 0 Å². The molecule has 0 aliphatic heterocycles. The molecule has 0 unspecified atom stereocenters. The van der Waals surface area contributed by atoms with Crippen molar-refractivity contribution in [3.05, 3.63) is 40.4 Å². The van der Waals surface area contributed by atoms with E-state index >= 15 is 0 Å². The first-order valence-corrected chi connectivity index (χ1v) is 7.04. The first-order chi connectivity index (χ1) is 8.44. The summed E-state index contributed by atoms with van der Waals surface area (Å²) in [5.74, 6) is 0. The molecule has 0 fully saturated rings. The highest BCUT2D eigenvalue weighted by Gasteiger charge is 2.21. The number of benzene rings is 1. The molecule has 96 valence electrons. The number of nitrogens with zero attached hydrogens (tertiary/aromatic N) is 1. The molecule has 1 N–H and O–H groups in total. The first kappa shape index (κ1) is 13.2. The molecule has 0 aliphatic carbocycles. The number of nitrogens with one attached hydrogen (secondary N) is 1. The smallest absolute Gasteiger partial charge is 0.123 e. The molecule has 0 saturated heterocycles. The fourth-order valence-electron chi connectivity index (χ4n) is 1.70. The summed E-state index contributed by atoms with van der Waals surface area (Å²) in [5.41, 5.74) is 4.88. The van der Waals surface area contributed by atoms with E-state index in [1.54, 1.807) is 11.3 Å². The number of hydrogen-bond donors (Lipinski definition) is 1. The third-order valence-corrected chi connectivity index (χ3v) is 4.41. The highest BCUT2D eigenvalue weighted by atomic mass is 32.1. The Balaban J connectivity index is 2.38. The molecule has 2 nitrogen and oxygen atoms in total. The fraction of sp³-hybridized carbons (Fsp3) is 0.400. The van der Waals surface area contributed by atoms with Crippen molar-refractivity contribution in [3.63, 3.8) is 0 Å². The van der Waals surface area contributed by atoms with Crippen LogP contribution in [-0.2, 0) is 5.54 Å². The topological polar surface area (TPSA) is 24.9 Å². The Kier molecular flexibility index (Phi) is 3.55. The average Bonchev–Trinajstić information content (AvgIpc) is 2.83. The number of thiazole rings is 1. The minimum absolute atomic E-state index is 0.0749. The van der Waals surface area contributed by atoms with Crippen LogP contribution >= 0.6 is 11.3 Å². The van der Waals surface area contributed by atoms with Gasteiger partial charge in [0.05, 0.1) is 11.2 Å². The zero-order valence-corrected chi connectivity index (χ0v) is 12.5. The number of hydrogen-bond acceptors (Lipinski definition) is 3. The van der Waals surface area contributed by atoms with Crippen molar-refractivity contribution in [1.82, 2.24) is 10.3 Å². The van der Waals surface area contributed by atoms with E-state index in [0.717, 1.165) is 10.7 Å². The van der Waals surface area contributed by atoms with Gasteiger partial charge in [0.1, 0.15) is 5.01 Å². The van der Waals surface area contributed by atoms with E-state index in [2.05, 4.69) is 56.6 Å². The van der Waals surface area contributed by atoms with Gasteiger partial charge < -0.3 is 5.32 Å². The van der Waals surface area contributed by atoms with Gasteiger partial charge in [-0.1, -0.05) is 12.1 Å². The lowest BCUT2D eigenvalue weighted by Crippen LogP contribution is -2.33. The fourth-order valence-corrected chi connectivity index (χ4v) is 2.68. The molecule has 0 radical (unpaired) electrons. The van der Waals surface area contributed by atoms with Crippen molar-refractivity contribution >= 4 is 11.3 Å². The Morgan fingerprint density at radius 2 is 1.89 bits per heavy atom. The Morgan fingerprint density at radius 1 is 1.17 bits per heavy atom. The van der Waals surface area contributed by atoms with Crippen LogP contribution in [0.3, 0.4) is 0 Å². The molecule has 0 spiro atoms. The lowest BCUT2D eigenvalue weighted by atomic mass is 10.0. The van der Waals surface area contributed by atoms with E-state index in [-0.39, 0.29) is 5.54 Å². The quantitative estimate of drug-likeness (QED) is 0.906. The summed E-state index contributed by atoms with van der Waals surface area (Å²) in [7, 11) is 1.97. The largest absolute Gasteiger partial charge is 0.310 e. The molecule has 0 bridgehead atoms. The molecule has 0 aliphatic rings. The summed E-state index contributed by atoms with van der Waals surface area (Å²) < 4.78 is 0. The molecular weight excluding hydrogens is 240 g/mol. The summed E-state index contributed by atoms with van der Waals surface area (Å²) in [5, 5.41) is 6.52. The van der Waals surface area contributed by atoms with E-state index in [4.69, 9.17) is 4.98 Å². The van der Waals surface area contributed by atoms with Gasteiger partial charge in [0.2, 0.25) is 0 Å². The van der Waals surface area contributed by atoms with Gasteiger partial charge in [-0.15, -0.1) is 11.3 Å². The van der Waals surface area contributed by atoms with E-state index in [0.29, 0.717) is 0 Å². The van der Waals surface area contributed by atoms with Crippen LogP contribution in [0.15, 0.2) is 23.6 Å². The van der Waals surface area contributed by atoms with Gasteiger partial charge in [-0.2, -0.15) is 0 Å². The monoisotopic (exact) mass is 260 g/mol. The van der Waals surface area contributed by atoms with Gasteiger partial charge in [0.15, 0.2) is 0 Å². The zero-order valence-electron chi connectivity index (χ0n) is 11.7. The second kappa shape index (κ2) is 4.82. The zero-order chi connectivity index (χ0) is 13.3. The van der Waals surface area contributed by atoms with Crippen molar-refractivity contribution in [2.45, 2.75) is 33.2 Å². The number of rotatable bonds is 3. The van der Waals surface area contributed by atoms with E-state index in [1.807, 2.05) is 7.05 Å². The number of aromatic nitrogens is 1. The molecule has 1 aromatic carbocycles. The maximum atomic E-state index is 4.75. The van der Waals surface area contributed by atoms with E-state index < -0.39 is 0 Å². The highest BCUT2D eigenvalue weighted by molar-refractivity contribution is 7.13. The minimum Gasteiger partial charge on any atom is -0.310 e. The average molecular weight is 260 g/mol. The molecule has 0 atom stereocenters. The first-order valence-electron chi connectivity index (χ1n) is 6.16. The molecule has 1 heterocycles. The third-order valence-electron chi connectivity index (χ3n) is 3.52. The van der Waals surface area contributed by atoms with Crippen molar-refractivity contribution < 1.29 is 0 Å². The SMILES string of the molecule is CNC(C)(C)c1csc(-c2ccc(C)c(C)c2)n1. The van der Waals surface area contributed by atoms with Gasteiger partial charge in [-0.3, -0.25) is 0 Å². The molecule has 2 rings (SSSR count). The van der Waals surface area contributed by atoms with Crippen LogP contribution in [0.25, 0.3) is 10.6 Å². The van der Waals surface area contributed by atoms with Gasteiger partial charge in [0.25, 0.3) is 0 Å². The lowest BCUT2D eigenvalue weighted by molar-refractivity contribution is 0.434. The van der Waals surface area contributed by atoms with E-state index in [1.165, 1.54) is 16.7 Å². The van der Waals surface area contributed by atoms with Gasteiger partial charge in [-0.05, 0) is 51.9 Å². The maximum Gasteiger partial charge on any atom is 0.123 e. The van der Waals surface area contributed by atoms with Crippen molar-refractivity contribution in [1.29, 1.82) is 0 Å². The van der Waals surface area contributed by atoms with Crippen molar-refractivity contribution in [2.24, 2.45) is 0 Å². The third kappa shape index (κ3) is 2.47. The normalized spacial score (nSPS) is 11.8. The Hall–Kier alpha value is -1.19.